The largest absolute Gasteiger partial charge is 0.396 e. The van der Waals surface area contributed by atoms with Crippen LogP contribution in [0.2, 0.25) is 0 Å². The third kappa shape index (κ3) is 7.15. The van der Waals surface area contributed by atoms with Crippen LogP contribution in [-0.4, -0.2) is 30.5 Å². The van der Waals surface area contributed by atoms with Crippen molar-refractivity contribution in [3.8, 4) is 0 Å². The minimum Gasteiger partial charge on any atom is -0.396 e. The predicted octanol–water partition coefficient (Wildman–Crippen LogP) is 1.94. The highest BCUT2D eigenvalue weighted by atomic mass is 19.4. The molecular weight excluding hydrogens is 195 g/mol. The Bertz CT molecular complexity index is 168. The van der Waals surface area contributed by atoms with Crippen molar-refractivity contribution in [1.29, 1.82) is 0 Å². The minimum absolute atomic E-state index is 0.0429. The molecule has 0 aromatic carbocycles. The molecule has 0 aromatic heterocycles. The van der Waals surface area contributed by atoms with Crippen LogP contribution >= 0.6 is 0 Å². The normalized spacial score (nSPS) is 15.6. The second kappa shape index (κ2) is 4.98. The first-order chi connectivity index (χ1) is 6.16. The molecule has 0 fully saturated rings. The van der Waals surface area contributed by atoms with Gasteiger partial charge in [-0.2, -0.15) is 13.2 Å². The fourth-order valence-corrected chi connectivity index (χ4v) is 0.926. The lowest BCUT2D eigenvalue weighted by Gasteiger charge is -2.25. The van der Waals surface area contributed by atoms with E-state index in [0.29, 0.717) is 6.54 Å². The van der Waals surface area contributed by atoms with Crippen LogP contribution in [0.4, 0.5) is 13.2 Å². The molecule has 0 amide bonds. The number of aliphatic hydroxyl groups is 1. The number of rotatable bonds is 5. The number of nitrogens with one attached hydrogen (secondary N) is 1. The van der Waals surface area contributed by atoms with Crippen LogP contribution < -0.4 is 5.32 Å². The van der Waals surface area contributed by atoms with Crippen molar-refractivity contribution in [2.24, 2.45) is 5.41 Å². The summed E-state index contributed by atoms with van der Waals surface area (Å²) in [5, 5.41) is 11.6. The molecule has 0 heterocycles. The van der Waals surface area contributed by atoms with Gasteiger partial charge in [0.25, 0.3) is 0 Å². The van der Waals surface area contributed by atoms with Crippen LogP contribution in [0.3, 0.4) is 0 Å². The molecule has 0 aliphatic rings. The summed E-state index contributed by atoms with van der Waals surface area (Å²) in [5.74, 6) is 0. The van der Waals surface area contributed by atoms with E-state index in [1.807, 2.05) is 0 Å². The van der Waals surface area contributed by atoms with E-state index in [1.165, 1.54) is 6.92 Å². The molecule has 0 saturated carbocycles. The van der Waals surface area contributed by atoms with E-state index >= 15 is 0 Å². The summed E-state index contributed by atoms with van der Waals surface area (Å²) in [6, 6.07) is -0.610. The molecule has 0 radical (unpaired) electrons. The summed E-state index contributed by atoms with van der Waals surface area (Å²) < 4.78 is 35.8. The Hall–Kier alpha value is -0.290. The van der Waals surface area contributed by atoms with Crippen molar-refractivity contribution in [1.82, 2.24) is 5.32 Å². The molecule has 2 N–H and O–H groups in total. The van der Waals surface area contributed by atoms with Crippen LogP contribution in [0.5, 0.6) is 0 Å². The third-order valence-corrected chi connectivity index (χ3v) is 1.89. The summed E-state index contributed by atoms with van der Waals surface area (Å²) in [7, 11) is 0. The average Bonchev–Trinajstić information content (AvgIpc) is 1.98. The van der Waals surface area contributed by atoms with Crippen LogP contribution in [0, 0.1) is 5.41 Å². The monoisotopic (exact) mass is 213 g/mol. The first-order valence-corrected chi connectivity index (χ1v) is 4.57. The average molecular weight is 213 g/mol. The van der Waals surface area contributed by atoms with E-state index in [-0.39, 0.29) is 12.0 Å². The Kier molecular flexibility index (Phi) is 4.88. The molecule has 2 nitrogen and oxygen atoms in total. The Balaban J connectivity index is 3.80. The van der Waals surface area contributed by atoms with Crippen molar-refractivity contribution in [2.75, 3.05) is 13.2 Å². The number of hydrogen-bond donors (Lipinski definition) is 2. The Morgan fingerprint density at radius 3 is 2.14 bits per heavy atom. The smallest absolute Gasteiger partial charge is 0.390 e. The number of aliphatic hydroxyl groups excluding tert-OH is 1. The molecule has 0 aliphatic carbocycles. The lowest BCUT2D eigenvalue weighted by atomic mass is 9.94. The van der Waals surface area contributed by atoms with Crippen LogP contribution in [0.15, 0.2) is 0 Å². The summed E-state index contributed by atoms with van der Waals surface area (Å²) in [4.78, 5) is 0. The zero-order valence-corrected chi connectivity index (χ0v) is 8.78. The molecule has 1 unspecified atom stereocenters. The highest BCUT2D eigenvalue weighted by molar-refractivity contribution is 4.74. The van der Waals surface area contributed by atoms with Crippen molar-refractivity contribution in [2.45, 2.75) is 39.4 Å². The third-order valence-electron chi connectivity index (χ3n) is 1.89. The van der Waals surface area contributed by atoms with Gasteiger partial charge < -0.3 is 10.4 Å². The molecule has 0 bridgehead atoms. The van der Waals surface area contributed by atoms with Crippen molar-refractivity contribution in [3.05, 3.63) is 0 Å². The van der Waals surface area contributed by atoms with E-state index in [4.69, 9.17) is 5.11 Å². The van der Waals surface area contributed by atoms with Gasteiger partial charge in [-0.05, 0) is 6.92 Å². The molecule has 86 valence electrons. The Morgan fingerprint density at radius 1 is 1.29 bits per heavy atom. The van der Waals surface area contributed by atoms with Crippen LogP contribution in [0.1, 0.15) is 27.2 Å². The Morgan fingerprint density at radius 2 is 1.79 bits per heavy atom. The maximum atomic E-state index is 11.9. The van der Waals surface area contributed by atoms with E-state index in [9.17, 15) is 13.2 Å². The fourth-order valence-electron chi connectivity index (χ4n) is 0.926. The highest BCUT2D eigenvalue weighted by Crippen LogP contribution is 2.21. The van der Waals surface area contributed by atoms with Gasteiger partial charge in [-0.1, -0.05) is 13.8 Å². The maximum Gasteiger partial charge on any atom is 0.390 e. The van der Waals surface area contributed by atoms with Gasteiger partial charge >= 0.3 is 6.18 Å². The topological polar surface area (TPSA) is 32.3 Å². The summed E-state index contributed by atoms with van der Waals surface area (Å²) in [6.45, 7) is 5.40. The molecule has 0 spiro atoms. The molecule has 0 aromatic rings. The van der Waals surface area contributed by atoms with Crippen molar-refractivity contribution in [3.63, 3.8) is 0 Å². The molecule has 14 heavy (non-hydrogen) atoms. The number of halogens is 3. The molecule has 0 rings (SSSR count). The zero-order chi connectivity index (χ0) is 11.4. The SMILES string of the molecule is CC(CC(F)(F)F)NCC(C)(C)CO. The van der Waals surface area contributed by atoms with Gasteiger partial charge in [-0.3, -0.25) is 0 Å². The number of hydrogen-bond acceptors (Lipinski definition) is 2. The second-order valence-corrected chi connectivity index (χ2v) is 4.42. The maximum absolute atomic E-state index is 11.9. The van der Waals surface area contributed by atoms with E-state index in [0.717, 1.165) is 0 Å². The van der Waals surface area contributed by atoms with Gasteiger partial charge in [0.15, 0.2) is 0 Å². The predicted molar refractivity (Wildman–Crippen MR) is 49.0 cm³/mol. The molecule has 5 heteroatoms. The first-order valence-electron chi connectivity index (χ1n) is 4.57. The van der Waals surface area contributed by atoms with Crippen molar-refractivity contribution >= 4 is 0 Å². The van der Waals surface area contributed by atoms with Gasteiger partial charge in [0.1, 0.15) is 0 Å². The van der Waals surface area contributed by atoms with Crippen LogP contribution in [0.25, 0.3) is 0 Å². The molecule has 1 atom stereocenters. The fraction of sp³-hybridized carbons (Fsp3) is 1.00. The van der Waals surface area contributed by atoms with Crippen molar-refractivity contribution < 1.29 is 18.3 Å². The second-order valence-electron chi connectivity index (χ2n) is 4.42. The van der Waals surface area contributed by atoms with Gasteiger partial charge in [0, 0.05) is 24.6 Å². The summed E-state index contributed by atoms with van der Waals surface area (Å²) in [5.41, 5.74) is -0.375. The Labute approximate surface area is 82.5 Å². The minimum atomic E-state index is -4.13. The van der Waals surface area contributed by atoms with E-state index in [2.05, 4.69) is 5.32 Å². The van der Waals surface area contributed by atoms with Crippen LogP contribution in [-0.2, 0) is 0 Å². The lowest BCUT2D eigenvalue weighted by Crippen LogP contribution is -2.39. The van der Waals surface area contributed by atoms with E-state index < -0.39 is 18.6 Å². The standard InChI is InChI=1S/C9H18F3NO/c1-7(4-9(10,11)12)13-5-8(2,3)6-14/h7,13-14H,4-6H2,1-3H3. The summed E-state index contributed by atoms with van der Waals surface area (Å²) in [6.07, 6.45) is -4.97. The summed E-state index contributed by atoms with van der Waals surface area (Å²) >= 11 is 0. The number of alkyl halides is 3. The zero-order valence-electron chi connectivity index (χ0n) is 8.78. The van der Waals surface area contributed by atoms with Gasteiger partial charge in [0.05, 0.1) is 6.42 Å². The van der Waals surface area contributed by atoms with Gasteiger partial charge in [-0.25, -0.2) is 0 Å². The van der Waals surface area contributed by atoms with Gasteiger partial charge in [0.2, 0.25) is 0 Å². The first kappa shape index (κ1) is 13.7. The quantitative estimate of drug-likeness (QED) is 0.731. The molecule has 0 aliphatic heterocycles. The lowest BCUT2D eigenvalue weighted by molar-refractivity contribution is -0.139. The van der Waals surface area contributed by atoms with Gasteiger partial charge in [-0.15, -0.1) is 0 Å². The van der Waals surface area contributed by atoms with E-state index in [1.54, 1.807) is 13.8 Å². The highest BCUT2D eigenvalue weighted by Gasteiger charge is 2.30. The molecular formula is C9H18F3NO. The molecule has 0 saturated heterocycles.